The van der Waals surface area contributed by atoms with Crippen LogP contribution in [-0.2, 0) is 11.2 Å². The van der Waals surface area contributed by atoms with Gasteiger partial charge in [0.05, 0.1) is 6.04 Å². The van der Waals surface area contributed by atoms with Gasteiger partial charge in [-0.3, -0.25) is 4.79 Å². The smallest absolute Gasteiger partial charge is 0.220 e. The van der Waals surface area contributed by atoms with Crippen LogP contribution in [-0.4, -0.2) is 5.91 Å². The van der Waals surface area contributed by atoms with Crippen LogP contribution in [0.25, 0.3) is 0 Å². The van der Waals surface area contributed by atoms with Gasteiger partial charge in [0, 0.05) is 11.4 Å². The molecule has 0 aromatic heterocycles. The van der Waals surface area contributed by atoms with Crippen molar-refractivity contribution in [1.82, 2.24) is 5.32 Å². The largest absolute Gasteiger partial charge is 0.350 e. The Labute approximate surface area is 131 Å². The fourth-order valence-electron chi connectivity index (χ4n) is 2.30. The molecule has 1 amide bonds. The fourth-order valence-corrected chi connectivity index (χ4v) is 2.50. The zero-order valence-corrected chi connectivity index (χ0v) is 13.2. The first-order valence-electron chi connectivity index (χ1n) is 7.15. The third-order valence-corrected chi connectivity index (χ3v) is 3.68. The Hall–Kier alpha value is -1.80. The highest BCUT2D eigenvalue weighted by Crippen LogP contribution is 2.17. The number of halogens is 1. The van der Waals surface area contributed by atoms with Crippen LogP contribution < -0.4 is 5.32 Å². The summed E-state index contributed by atoms with van der Waals surface area (Å²) in [5.41, 5.74) is 3.44. The molecule has 0 bridgehead atoms. The van der Waals surface area contributed by atoms with E-state index in [1.807, 2.05) is 37.3 Å². The van der Waals surface area contributed by atoms with Crippen molar-refractivity contribution in [1.29, 1.82) is 0 Å². The van der Waals surface area contributed by atoms with Gasteiger partial charge in [-0.2, -0.15) is 0 Å². The maximum absolute atomic E-state index is 12.0. The summed E-state index contributed by atoms with van der Waals surface area (Å²) < 4.78 is 0. The minimum Gasteiger partial charge on any atom is -0.350 e. The molecule has 3 heteroatoms. The number of aryl methyl sites for hydroxylation is 2. The molecule has 0 spiro atoms. The summed E-state index contributed by atoms with van der Waals surface area (Å²) in [4.78, 5) is 12.0. The Morgan fingerprint density at radius 3 is 2.67 bits per heavy atom. The Morgan fingerprint density at radius 2 is 1.95 bits per heavy atom. The molecular weight excluding hydrogens is 282 g/mol. The van der Waals surface area contributed by atoms with E-state index in [1.54, 1.807) is 0 Å². The molecule has 2 aromatic carbocycles. The second-order valence-corrected chi connectivity index (χ2v) is 5.77. The van der Waals surface area contributed by atoms with E-state index in [4.69, 9.17) is 11.6 Å². The van der Waals surface area contributed by atoms with Gasteiger partial charge in [-0.15, -0.1) is 0 Å². The maximum Gasteiger partial charge on any atom is 0.220 e. The van der Waals surface area contributed by atoms with Gasteiger partial charge >= 0.3 is 0 Å². The van der Waals surface area contributed by atoms with Crippen molar-refractivity contribution in [3.8, 4) is 0 Å². The second-order valence-electron chi connectivity index (χ2n) is 5.33. The first kappa shape index (κ1) is 15.6. The zero-order chi connectivity index (χ0) is 15.2. The van der Waals surface area contributed by atoms with Crippen LogP contribution in [0.5, 0.6) is 0 Å². The van der Waals surface area contributed by atoms with E-state index in [0.29, 0.717) is 11.4 Å². The third-order valence-electron chi connectivity index (χ3n) is 3.45. The number of nitrogens with one attached hydrogen (secondary N) is 1. The van der Waals surface area contributed by atoms with E-state index in [-0.39, 0.29) is 11.9 Å². The number of benzene rings is 2. The predicted octanol–water partition coefficient (Wildman–Crippen LogP) is 4.46. The molecule has 0 aliphatic heterocycles. The summed E-state index contributed by atoms with van der Waals surface area (Å²) >= 11 is 5.97. The van der Waals surface area contributed by atoms with E-state index in [1.165, 1.54) is 11.1 Å². The van der Waals surface area contributed by atoms with E-state index in [2.05, 4.69) is 30.4 Å². The molecule has 2 nitrogen and oxygen atoms in total. The van der Waals surface area contributed by atoms with E-state index in [0.717, 1.165) is 12.0 Å². The summed E-state index contributed by atoms with van der Waals surface area (Å²) in [6.07, 6.45) is 1.25. The lowest BCUT2D eigenvalue weighted by atomic mass is 10.1. The lowest BCUT2D eigenvalue weighted by Gasteiger charge is -2.14. The highest BCUT2D eigenvalue weighted by atomic mass is 35.5. The zero-order valence-electron chi connectivity index (χ0n) is 12.4. The van der Waals surface area contributed by atoms with E-state index in [9.17, 15) is 4.79 Å². The standard InChI is InChI=1S/C18H20ClNO/c1-13-5-3-6-15(11-13)9-10-18(21)20-14(2)16-7-4-8-17(19)12-16/h3-8,11-12,14H,9-10H2,1-2H3,(H,20,21). The van der Waals surface area contributed by atoms with Crippen molar-refractivity contribution in [3.63, 3.8) is 0 Å². The van der Waals surface area contributed by atoms with Crippen molar-refractivity contribution in [2.75, 3.05) is 0 Å². The van der Waals surface area contributed by atoms with Gasteiger partial charge in [0.15, 0.2) is 0 Å². The highest BCUT2D eigenvalue weighted by molar-refractivity contribution is 6.30. The van der Waals surface area contributed by atoms with Crippen molar-refractivity contribution in [2.24, 2.45) is 0 Å². The molecular formula is C18H20ClNO. The first-order valence-corrected chi connectivity index (χ1v) is 7.53. The van der Waals surface area contributed by atoms with Crippen LogP contribution in [0.3, 0.4) is 0 Å². The molecule has 0 saturated carbocycles. The van der Waals surface area contributed by atoms with Gasteiger partial charge in [-0.25, -0.2) is 0 Å². The average molecular weight is 302 g/mol. The SMILES string of the molecule is Cc1cccc(CCC(=O)NC(C)c2cccc(Cl)c2)c1. The summed E-state index contributed by atoms with van der Waals surface area (Å²) in [6.45, 7) is 4.03. The van der Waals surface area contributed by atoms with Crippen LogP contribution in [0.2, 0.25) is 5.02 Å². The van der Waals surface area contributed by atoms with Gasteiger partial charge in [0.1, 0.15) is 0 Å². The lowest BCUT2D eigenvalue weighted by molar-refractivity contribution is -0.121. The lowest BCUT2D eigenvalue weighted by Crippen LogP contribution is -2.26. The molecule has 0 heterocycles. The summed E-state index contributed by atoms with van der Waals surface area (Å²) in [5, 5.41) is 3.70. The van der Waals surface area contributed by atoms with Crippen molar-refractivity contribution < 1.29 is 4.79 Å². The quantitative estimate of drug-likeness (QED) is 0.868. The molecule has 2 rings (SSSR count). The molecule has 0 aliphatic carbocycles. The van der Waals surface area contributed by atoms with Gasteiger partial charge in [0.25, 0.3) is 0 Å². The molecule has 0 aliphatic rings. The second kappa shape index (κ2) is 7.28. The third kappa shape index (κ3) is 4.91. The Morgan fingerprint density at radius 1 is 1.19 bits per heavy atom. The van der Waals surface area contributed by atoms with Crippen LogP contribution in [0.1, 0.15) is 36.1 Å². The number of amides is 1. The van der Waals surface area contributed by atoms with Crippen LogP contribution in [0, 0.1) is 6.92 Å². The molecule has 1 atom stereocenters. The average Bonchev–Trinajstić information content (AvgIpc) is 2.45. The minimum atomic E-state index is -0.0336. The first-order chi connectivity index (χ1) is 10.0. The number of carbonyl (C=O) groups is 1. The van der Waals surface area contributed by atoms with Gasteiger partial charge in [-0.1, -0.05) is 53.6 Å². The normalized spacial score (nSPS) is 12.0. The molecule has 1 N–H and O–H groups in total. The number of hydrogen-bond acceptors (Lipinski definition) is 1. The Kier molecular flexibility index (Phi) is 5.40. The van der Waals surface area contributed by atoms with Crippen molar-refractivity contribution >= 4 is 17.5 Å². The molecule has 1 unspecified atom stereocenters. The van der Waals surface area contributed by atoms with Crippen LogP contribution >= 0.6 is 11.6 Å². The monoisotopic (exact) mass is 301 g/mol. The predicted molar refractivity (Wildman–Crippen MR) is 87.5 cm³/mol. The van der Waals surface area contributed by atoms with Crippen LogP contribution in [0.15, 0.2) is 48.5 Å². The van der Waals surface area contributed by atoms with E-state index < -0.39 is 0 Å². The minimum absolute atomic E-state index is 0.0336. The van der Waals surface area contributed by atoms with Gasteiger partial charge in [0.2, 0.25) is 5.91 Å². The van der Waals surface area contributed by atoms with Gasteiger partial charge in [-0.05, 0) is 43.5 Å². The molecule has 0 radical (unpaired) electrons. The highest BCUT2D eigenvalue weighted by Gasteiger charge is 2.10. The Bertz CT molecular complexity index is 624. The molecule has 21 heavy (non-hydrogen) atoms. The van der Waals surface area contributed by atoms with E-state index >= 15 is 0 Å². The summed E-state index contributed by atoms with van der Waals surface area (Å²) in [6, 6.07) is 15.8. The molecule has 0 fully saturated rings. The number of rotatable bonds is 5. The summed E-state index contributed by atoms with van der Waals surface area (Å²) in [5.74, 6) is 0.0592. The van der Waals surface area contributed by atoms with Gasteiger partial charge < -0.3 is 5.32 Å². The topological polar surface area (TPSA) is 29.1 Å². The summed E-state index contributed by atoms with van der Waals surface area (Å²) in [7, 11) is 0. The van der Waals surface area contributed by atoms with Crippen molar-refractivity contribution in [3.05, 3.63) is 70.2 Å². The molecule has 0 saturated heterocycles. The molecule has 2 aromatic rings. The number of hydrogen-bond donors (Lipinski definition) is 1. The maximum atomic E-state index is 12.0. The molecule has 110 valence electrons. The number of carbonyl (C=O) groups excluding carboxylic acids is 1. The fraction of sp³-hybridized carbons (Fsp3) is 0.278. The van der Waals surface area contributed by atoms with Crippen molar-refractivity contribution in [2.45, 2.75) is 32.7 Å². The van der Waals surface area contributed by atoms with Crippen LogP contribution in [0.4, 0.5) is 0 Å². The Balaban J connectivity index is 1.87.